The first-order valence-electron chi connectivity index (χ1n) is 5.47. The Labute approximate surface area is 90.6 Å². The summed E-state index contributed by atoms with van der Waals surface area (Å²) < 4.78 is 0.989. The minimum Gasteiger partial charge on any atom is -0.0826 e. The third kappa shape index (κ3) is 4.11. The molecule has 1 aliphatic carbocycles. The quantitative estimate of drug-likeness (QED) is 0.402. The summed E-state index contributed by atoms with van der Waals surface area (Å²) in [7, 11) is 0. The molecule has 1 rings (SSSR count). The van der Waals surface area contributed by atoms with E-state index in [1.165, 1.54) is 51.4 Å². The molecule has 0 aromatic rings. The summed E-state index contributed by atoms with van der Waals surface area (Å²) in [4.78, 5) is 0. The number of unbranched alkanes of at least 4 members (excludes halogenated alkanes) is 2. The average molecular weight is 280 g/mol. The van der Waals surface area contributed by atoms with Gasteiger partial charge >= 0.3 is 0 Å². The first-order chi connectivity index (χ1) is 5.83. The maximum atomic E-state index is 2.63. The molecule has 72 valence electrons. The number of alkyl halides is 1. The Morgan fingerprint density at radius 2 is 2.08 bits per heavy atom. The van der Waals surface area contributed by atoms with E-state index in [1.807, 2.05) is 0 Å². The van der Waals surface area contributed by atoms with Gasteiger partial charge in [-0.3, -0.25) is 0 Å². The van der Waals surface area contributed by atoms with Gasteiger partial charge in [0.25, 0.3) is 0 Å². The molecule has 0 aromatic carbocycles. The second-order valence-corrected chi connectivity index (χ2v) is 5.89. The Balaban J connectivity index is 2.06. The molecule has 0 bridgehead atoms. The van der Waals surface area contributed by atoms with Gasteiger partial charge in [0.15, 0.2) is 0 Å². The smallest absolute Gasteiger partial charge is 0.0112 e. The van der Waals surface area contributed by atoms with E-state index in [2.05, 4.69) is 29.5 Å². The van der Waals surface area contributed by atoms with Crippen LogP contribution in [0.1, 0.15) is 58.3 Å². The molecule has 0 nitrogen and oxygen atoms in total. The average Bonchev–Trinajstić information content (AvgIpc) is 2.05. The molecule has 0 N–H and O–H groups in total. The zero-order valence-corrected chi connectivity index (χ0v) is 10.3. The van der Waals surface area contributed by atoms with E-state index < -0.39 is 0 Å². The topological polar surface area (TPSA) is 0 Å². The molecule has 1 aliphatic rings. The largest absolute Gasteiger partial charge is 0.0826 e. The van der Waals surface area contributed by atoms with Gasteiger partial charge in [-0.1, -0.05) is 68.0 Å². The van der Waals surface area contributed by atoms with Crippen LogP contribution >= 0.6 is 22.6 Å². The molecule has 0 aliphatic heterocycles. The van der Waals surface area contributed by atoms with E-state index in [9.17, 15) is 0 Å². The van der Waals surface area contributed by atoms with Crippen molar-refractivity contribution >= 4 is 22.6 Å². The summed E-state index contributed by atoms with van der Waals surface area (Å²) in [6.45, 7) is 2.29. The monoisotopic (exact) mass is 280 g/mol. The molecule has 0 saturated heterocycles. The highest BCUT2D eigenvalue weighted by atomic mass is 127. The van der Waals surface area contributed by atoms with Gasteiger partial charge in [-0.05, 0) is 18.8 Å². The molecule has 2 atom stereocenters. The van der Waals surface area contributed by atoms with E-state index >= 15 is 0 Å². The standard InChI is InChI=1S/C11H21I/c1-2-3-4-6-10-7-5-8-11(12)9-10/h10-11H,2-9H2,1H3. The van der Waals surface area contributed by atoms with Crippen LogP contribution in [-0.4, -0.2) is 3.92 Å². The maximum absolute atomic E-state index is 2.63. The van der Waals surface area contributed by atoms with Crippen LogP contribution in [0.3, 0.4) is 0 Å². The lowest BCUT2D eigenvalue weighted by atomic mass is 9.85. The van der Waals surface area contributed by atoms with Crippen LogP contribution in [0.25, 0.3) is 0 Å². The molecular weight excluding hydrogens is 259 g/mol. The van der Waals surface area contributed by atoms with E-state index in [1.54, 1.807) is 0 Å². The normalized spacial score (nSPS) is 30.5. The summed E-state index contributed by atoms with van der Waals surface area (Å²) >= 11 is 2.63. The Hall–Kier alpha value is 0.730. The summed E-state index contributed by atoms with van der Waals surface area (Å²) in [5.74, 6) is 1.08. The molecule has 1 fully saturated rings. The van der Waals surface area contributed by atoms with Crippen molar-refractivity contribution in [3.05, 3.63) is 0 Å². The van der Waals surface area contributed by atoms with Crippen LogP contribution in [-0.2, 0) is 0 Å². The summed E-state index contributed by atoms with van der Waals surface area (Å²) in [6, 6.07) is 0. The van der Waals surface area contributed by atoms with Crippen molar-refractivity contribution in [1.29, 1.82) is 0 Å². The van der Waals surface area contributed by atoms with Gasteiger partial charge in [-0.25, -0.2) is 0 Å². The Morgan fingerprint density at radius 3 is 2.75 bits per heavy atom. The van der Waals surface area contributed by atoms with Crippen LogP contribution in [0.5, 0.6) is 0 Å². The first kappa shape index (κ1) is 10.8. The Morgan fingerprint density at radius 1 is 1.25 bits per heavy atom. The van der Waals surface area contributed by atoms with Crippen LogP contribution < -0.4 is 0 Å². The number of rotatable bonds is 4. The highest BCUT2D eigenvalue weighted by Crippen LogP contribution is 2.32. The summed E-state index contributed by atoms with van der Waals surface area (Å²) in [5.41, 5.74) is 0. The predicted octanol–water partition coefficient (Wildman–Crippen LogP) is 4.56. The minimum absolute atomic E-state index is 0.989. The maximum Gasteiger partial charge on any atom is 0.0112 e. The lowest BCUT2D eigenvalue weighted by molar-refractivity contribution is 0.342. The summed E-state index contributed by atoms with van der Waals surface area (Å²) in [5, 5.41) is 0. The van der Waals surface area contributed by atoms with E-state index in [0.29, 0.717) is 0 Å². The minimum atomic E-state index is 0.989. The SMILES string of the molecule is CCCCCC1CCCC(I)C1. The molecule has 0 amide bonds. The third-order valence-electron chi connectivity index (χ3n) is 2.93. The number of hydrogen-bond acceptors (Lipinski definition) is 0. The lowest BCUT2D eigenvalue weighted by Crippen LogP contribution is -2.14. The zero-order valence-electron chi connectivity index (χ0n) is 8.19. The van der Waals surface area contributed by atoms with Crippen LogP contribution in [0.2, 0.25) is 0 Å². The van der Waals surface area contributed by atoms with E-state index in [0.717, 1.165) is 9.84 Å². The fourth-order valence-electron chi connectivity index (χ4n) is 2.17. The fourth-order valence-corrected chi connectivity index (χ4v) is 3.33. The van der Waals surface area contributed by atoms with Crippen LogP contribution in [0.15, 0.2) is 0 Å². The van der Waals surface area contributed by atoms with Gasteiger partial charge in [-0.15, -0.1) is 0 Å². The van der Waals surface area contributed by atoms with Crippen molar-refractivity contribution in [2.45, 2.75) is 62.2 Å². The van der Waals surface area contributed by atoms with Crippen LogP contribution in [0.4, 0.5) is 0 Å². The molecule has 0 aromatic heterocycles. The Bertz CT molecular complexity index is 112. The first-order valence-corrected chi connectivity index (χ1v) is 6.71. The predicted molar refractivity (Wildman–Crippen MR) is 63.9 cm³/mol. The number of hydrogen-bond donors (Lipinski definition) is 0. The van der Waals surface area contributed by atoms with Crippen LogP contribution in [0, 0.1) is 5.92 Å². The fraction of sp³-hybridized carbons (Fsp3) is 1.00. The van der Waals surface area contributed by atoms with Gasteiger partial charge in [-0.2, -0.15) is 0 Å². The van der Waals surface area contributed by atoms with Crippen molar-refractivity contribution in [3.8, 4) is 0 Å². The highest BCUT2D eigenvalue weighted by Gasteiger charge is 2.18. The van der Waals surface area contributed by atoms with Crippen molar-refractivity contribution in [1.82, 2.24) is 0 Å². The van der Waals surface area contributed by atoms with Gasteiger partial charge in [0.05, 0.1) is 0 Å². The summed E-state index contributed by atoms with van der Waals surface area (Å²) in [6.07, 6.45) is 11.8. The van der Waals surface area contributed by atoms with Crippen molar-refractivity contribution in [2.75, 3.05) is 0 Å². The zero-order chi connectivity index (χ0) is 8.81. The molecule has 12 heavy (non-hydrogen) atoms. The molecule has 0 spiro atoms. The van der Waals surface area contributed by atoms with Gasteiger partial charge < -0.3 is 0 Å². The van der Waals surface area contributed by atoms with E-state index in [-0.39, 0.29) is 0 Å². The lowest BCUT2D eigenvalue weighted by Gasteiger charge is -2.25. The molecule has 1 saturated carbocycles. The molecule has 1 heteroatoms. The van der Waals surface area contributed by atoms with Crippen molar-refractivity contribution < 1.29 is 0 Å². The molecular formula is C11H21I. The highest BCUT2D eigenvalue weighted by molar-refractivity contribution is 14.1. The Kier molecular flexibility index (Phi) is 5.61. The van der Waals surface area contributed by atoms with Crippen molar-refractivity contribution in [3.63, 3.8) is 0 Å². The third-order valence-corrected chi connectivity index (χ3v) is 4.07. The van der Waals surface area contributed by atoms with Gasteiger partial charge in [0.2, 0.25) is 0 Å². The van der Waals surface area contributed by atoms with Gasteiger partial charge in [0.1, 0.15) is 0 Å². The number of halogens is 1. The molecule has 0 radical (unpaired) electrons. The second kappa shape index (κ2) is 6.22. The second-order valence-electron chi connectivity index (χ2n) is 4.13. The van der Waals surface area contributed by atoms with E-state index in [4.69, 9.17) is 0 Å². The molecule has 0 heterocycles. The molecule has 2 unspecified atom stereocenters. The van der Waals surface area contributed by atoms with Crippen molar-refractivity contribution in [2.24, 2.45) is 5.92 Å². The van der Waals surface area contributed by atoms with Gasteiger partial charge in [0, 0.05) is 3.92 Å².